The molecule has 0 amide bonds. The van der Waals surface area contributed by atoms with Crippen molar-refractivity contribution in [2.75, 3.05) is 13.1 Å². The Balaban J connectivity index is 0.00000288. The van der Waals surface area contributed by atoms with Crippen LogP contribution in [0.2, 0.25) is 5.02 Å². The van der Waals surface area contributed by atoms with Crippen molar-refractivity contribution in [2.24, 2.45) is 4.99 Å². The molecular weight excluding hydrogens is 442 g/mol. The van der Waals surface area contributed by atoms with Crippen LogP contribution in [0.25, 0.3) is 0 Å². The lowest BCUT2D eigenvalue weighted by atomic mass is 10.1. The minimum Gasteiger partial charge on any atom is -0.357 e. The molecule has 0 aliphatic rings. The molecule has 0 aliphatic carbocycles. The van der Waals surface area contributed by atoms with Crippen LogP contribution >= 0.6 is 35.6 Å². The summed E-state index contributed by atoms with van der Waals surface area (Å²) in [5, 5.41) is 7.09. The fourth-order valence-corrected chi connectivity index (χ4v) is 2.26. The Hall–Kier alpha value is -1.41. The minimum absolute atomic E-state index is 0. The van der Waals surface area contributed by atoms with Crippen LogP contribution in [0.5, 0.6) is 0 Å². The van der Waals surface area contributed by atoms with Crippen molar-refractivity contribution in [2.45, 2.75) is 19.9 Å². The summed E-state index contributed by atoms with van der Waals surface area (Å²) in [5.41, 5.74) is 1.48. The molecule has 0 unspecified atom stereocenters. The molecule has 0 saturated heterocycles. The number of guanidine groups is 1. The maximum absolute atomic E-state index is 13.6. The Morgan fingerprint density at radius 3 is 2.79 bits per heavy atom. The lowest BCUT2D eigenvalue weighted by Crippen LogP contribution is -2.38. The average molecular weight is 463 g/mol. The van der Waals surface area contributed by atoms with Crippen molar-refractivity contribution in [1.29, 1.82) is 0 Å². The van der Waals surface area contributed by atoms with Crippen LogP contribution in [0.15, 0.2) is 47.6 Å². The van der Waals surface area contributed by atoms with Gasteiger partial charge in [-0.25, -0.2) is 9.38 Å². The molecule has 0 atom stereocenters. The van der Waals surface area contributed by atoms with Crippen LogP contribution in [0.4, 0.5) is 4.39 Å². The van der Waals surface area contributed by atoms with Crippen molar-refractivity contribution in [3.05, 3.63) is 64.7 Å². The molecule has 0 bridgehead atoms. The third-order valence-corrected chi connectivity index (χ3v) is 3.40. The van der Waals surface area contributed by atoms with E-state index in [1.54, 1.807) is 12.3 Å². The number of rotatable bonds is 6. The van der Waals surface area contributed by atoms with E-state index in [4.69, 9.17) is 11.6 Å². The number of aromatic nitrogens is 1. The number of benzene rings is 1. The minimum atomic E-state index is -0.342. The van der Waals surface area contributed by atoms with Crippen LogP contribution in [0.3, 0.4) is 0 Å². The van der Waals surface area contributed by atoms with Crippen LogP contribution in [0, 0.1) is 5.82 Å². The lowest BCUT2D eigenvalue weighted by molar-refractivity contribution is 0.599. The summed E-state index contributed by atoms with van der Waals surface area (Å²) >= 11 is 5.97. The van der Waals surface area contributed by atoms with E-state index >= 15 is 0 Å². The van der Waals surface area contributed by atoms with Gasteiger partial charge in [0.15, 0.2) is 5.96 Å². The second-order valence-corrected chi connectivity index (χ2v) is 5.37. The summed E-state index contributed by atoms with van der Waals surface area (Å²) in [5.74, 6) is 0.297. The van der Waals surface area contributed by atoms with Crippen molar-refractivity contribution in [3.63, 3.8) is 0 Å². The first-order chi connectivity index (χ1) is 11.2. The topological polar surface area (TPSA) is 49.3 Å². The van der Waals surface area contributed by atoms with Crippen LogP contribution in [-0.2, 0) is 13.0 Å². The third-order valence-electron chi connectivity index (χ3n) is 3.16. The van der Waals surface area contributed by atoms with Gasteiger partial charge in [-0.05, 0) is 43.2 Å². The molecule has 130 valence electrons. The van der Waals surface area contributed by atoms with Gasteiger partial charge in [-0.3, -0.25) is 4.98 Å². The van der Waals surface area contributed by atoms with Gasteiger partial charge in [0.1, 0.15) is 5.82 Å². The van der Waals surface area contributed by atoms with Crippen molar-refractivity contribution >= 4 is 41.5 Å². The van der Waals surface area contributed by atoms with Gasteiger partial charge < -0.3 is 10.6 Å². The van der Waals surface area contributed by atoms with Gasteiger partial charge in [0.2, 0.25) is 0 Å². The molecule has 1 aromatic heterocycles. The van der Waals surface area contributed by atoms with E-state index in [0.29, 0.717) is 18.2 Å². The van der Waals surface area contributed by atoms with Gasteiger partial charge in [0.05, 0.1) is 12.2 Å². The van der Waals surface area contributed by atoms with E-state index in [9.17, 15) is 4.39 Å². The normalized spacial score (nSPS) is 10.9. The molecule has 2 N–H and O–H groups in total. The molecule has 0 fully saturated rings. The van der Waals surface area contributed by atoms with E-state index in [1.165, 1.54) is 6.07 Å². The molecule has 0 radical (unpaired) electrons. The maximum atomic E-state index is 13.6. The highest BCUT2D eigenvalue weighted by Gasteiger charge is 2.03. The highest BCUT2D eigenvalue weighted by Crippen LogP contribution is 2.10. The van der Waals surface area contributed by atoms with E-state index in [2.05, 4.69) is 20.6 Å². The third kappa shape index (κ3) is 7.00. The van der Waals surface area contributed by atoms with E-state index < -0.39 is 0 Å². The zero-order valence-electron chi connectivity index (χ0n) is 13.4. The molecule has 4 nitrogen and oxygen atoms in total. The number of nitrogens with zero attached hydrogens (tertiary/aromatic N) is 2. The molecule has 0 spiro atoms. The van der Waals surface area contributed by atoms with Gasteiger partial charge in [-0.1, -0.05) is 23.7 Å². The lowest BCUT2D eigenvalue weighted by Gasteiger charge is -2.11. The second kappa shape index (κ2) is 11.2. The highest BCUT2D eigenvalue weighted by atomic mass is 127. The summed E-state index contributed by atoms with van der Waals surface area (Å²) in [7, 11) is 0. The summed E-state index contributed by atoms with van der Waals surface area (Å²) in [6.07, 6.45) is 2.39. The molecule has 1 heterocycles. The Bertz CT molecular complexity index is 667. The van der Waals surface area contributed by atoms with Crippen molar-refractivity contribution in [1.82, 2.24) is 15.6 Å². The predicted molar refractivity (Wildman–Crippen MR) is 108 cm³/mol. The smallest absolute Gasteiger partial charge is 0.191 e. The Morgan fingerprint density at radius 1 is 1.25 bits per heavy atom. The maximum Gasteiger partial charge on any atom is 0.191 e. The van der Waals surface area contributed by atoms with Gasteiger partial charge in [0.25, 0.3) is 0 Å². The molecule has 0 aliphatic heterocycles. The first-order valence-electron chi connectivity index (χ1n) is 7.55. The zero-order valence-corrected chi connectivity index (χ0v) is 16.5. The molecule has 24 heavy (non-hydrogen) atoms. The number of nitrogens with one attached hydrogen (secondary N) is 2. The fraction of sp³-hybridized carbons (Fsp3) is 0.294. The zero-order chi connectivity index (χ0) is 16.5. The van der Waals surface area contributed by atoms with E-state index in [1.807, 2.05) is 31.2 Å². The Kier molecular flexibility index (Phi) is 9.63. The number of aliphatic imine (C=N–C) groups is 1. The fourth-order valence-electron chi connectivity index (χ4n) is 2.05. The summed E-state index contributed by atoms with van der Waals surface area (Å²) < 4.78 is 13.6. The molecule has 7 heteroatoms. The van der Waals surface area contributed by atoms with Gasteiger partial charge in [-0.15, -0.1) is 24.0 Å². The Labute approximate surface area is 164 Å². The Morgan fingerprint density at radius 2 is 2.08 bits per heavy atom. The largest absolute Gasteiger partial charge is 0.357 e. The number of pyridine rings is 1. The van der Waals surface area contributed by atoms with E-state index in [0.717, 1.165) is 23.6 Å². The number of halogens is 3. The van der Waals surface area contributed by atoms with Gasteiger partial charge in [-0.2, -0.15) is 0 Å². The molecule has 2 aromatic rings. The molecule has 1 aromatic carbocycles. The molecule has 0 saturated carbocycles. The highest BCUT2D eigenvalue weighted by molar-refractivity contribution is 14.0. The van der Waals surface area contributed by atoms with Crippen LogP contribution in [0.1, 0.15) is 18.2 Å². The van der Waals surface area contributed by atoms with Gasteiger partial charge >= 0.3 is 0 Å². The molecule has 2 rings (SSSR count). The standard InChI is InChI=1S/C17H20ClFN4.HI/c1-2-20-17(23-12-16-15(19)7-4-9-21-16)22-10-8-13-5-3-6-14(18)11-13;/h3-7,9,11H,2,8,10,12H2,1H3,(H2,20,22,23);1H. The second-order valence-electron chi connectivity index (χ2n) is 4.93. The average Bonchev–Trinajstić information content (AvgIpc) is 2.54. The summed E-state index contributed by atoms with van der Waals surface area (Å²) in [6, 6.07) is 10.7. The van der Waals surface area contributed by atoms with Crippen LogP contribution in [-0.4, -0.2) is 24.0 Å². The van der Waals surface area contributed by atoms with E-state index in [-0.39, 0.29) is 36.3 Å². The monoisotopic (exact) mass is 462 g/mol. The first-order valence-corrected chi connectivity index (χ1v) is 7.93. The number of hydrogen-bond donors (Lipinski definition) is 2. The van der Waals surface area contributed by atoms with Crippen LogP contribution < -0.4 is 10.6 Å². The number of hydrogen-bond acceptors (Lipinski definition) is 2. The quantitative estimate of drug-likeness (QED) is 0.390. The summed E-state index contributed by atoms with van der Waals surface area (Å²) in [4.78, 5) is 8.35. The van der Waals surface area contributed by atoms with Gasteiger partial charge in [0, 0.05) is 24.3 Å². The first kappa shape index (κ1) is 20.6. The predicted octanol–water partition coefficient (Wildman–Crippen LogP) is 3.79. The van der Waals surface area contributed by atoms with Crippen molar-refractivity contribution in [3.8, 4) is 0 Å². The summed E-state index contributed by atoms with van der Waals surface area (Å²) in [6.45, 7) is 3.61. The SMILES string of the molecule is CCNC(=NCc1ncccc1F)NCCc1cccc(Cl)c1.I. The molecular formula is C17H21ClFIN4. The van der Waals surface area contributed by atoms with Crippen molar-refractivity contribution < 1.29 is 4.39 Å².